The molecule has 0 saturated heterocycles. The molecule has 0 fully saturated rings. The maximum atomic E-state index is 13.2. The lowest BCUT2D eigenvalue weighted by atomic mass is 10.1. The smallest absolute Gasteiger partial charge is 0.493 e. The monoisotopic (exact) mass is 491 g/mol. The summed E-state index contributed by atoms with van der Waals surface area (Å²) in [6.07, 6.45) is 0.265. The third-order valence-electron chi connectivity index (χ3n) is 6.16. The molecule has 0 aliphatic heterocycles. The van der Waals surface area contributed by atoms with Crippen LogP contribution in [-0.2, 0) is 30.4 Å². The molecule has 1 aliphatic rings. The van der Waals surface area contributed by atoms with Gasteiger partial charge in [-0.1, -0.05) is 48.5 Å². The van der Waals surface area contributed by atoms with E-state index in [1.165, 1.54) is 7.11 Å². The van der Waals surface area contributed by atoms with Crippen LogP contribution < -0.4 is 14.8 Å². The molecule has 3 N–H and O–H groups in total. The molecule has 1 amide bonds. The predicted molar refractivity (Wildman–Crippen MR) is 133 cm³/mol. The fraction of sp³-hybridized carbons (Fsp3) is 0.286. The summed E-state index contributed by atoms with van der Waals surface area (Å²) in [4.78, 5) is 24.6. The first kappa shape index (κ1) is 25.1. The van der Waals surface area contributed by atoms with E-state index >= 15 is 0 Å². The summed E-state index contributed by atoms with van der Waals surface area (Å²) >= 11 is 0. The molecule has 0 aromatic heterocycles. The van der Waals surface area contributed by atoms with Crippen LogP contribution in [0.3, 0.4) is 0 Å². The van der Waals surface area contributed by atoms with Crippen LogP contribution in [0.5, 0.6) is 11.5 Å². The second kappa shape index (κ2) is 11.1. The molecule has 0 saturated carbocycles. The van der Waals surface area contributed by atoms with Gasteiger partial charge in [0.2, 0.25) is 0 Å². The van der Waals surface area contributed by atoms with Crippen molar-refractivity contribution in [2.45, 2.75) is 31.4 Å². The number of nitrogens with one attached hydrogen (secondary N) is 1. The number of aliphatic hydroxyl groups excluding tert-OH is 1. The van der Waals surface area contributed by atoms with E-state index in [0.29, 0.717) is 36.5 Å². The van der Waals surface area contributed by atoms with Crippen molar-refractivity contribution in [2.24, 2.45) is 0 Å². The zero-order valence-electron chi connectivity index (χ0n) is 20.0. The molecule has 3 aromatic rings. The first-order chi connectivity index (χ1) is 17.4. The molecule has 0 unspecified atom stereocenters. The van der Waals surface area contributed by atoms with Crippen LogP contribution in [0.25, 0.3) is 0 Å². The van der Waals surface area contributed by atoms with Gasteiger partial charge in [-0.25, -0.2) is 4.79 Å². The number of carbonyl (C=O) groups excluding carboxylic acids is 1. The molecular weight excluding hydrogens is 462 g/mol. The number of amides is 1. The van der Waals surface area contributed by atoms with E-state index < -0.39 is 17.8 Å². The SMILES string of the molecule is COc1ccc(C(=O)NC2(OC(=O)O)Cc3ccccc3C2)cc1OCCc1cccc(CCO)c1. The van der Waals surface area contributed by atoms with E-state index in [-0.39, 0.29) is 19.4 Å². The molecule has 4 rings (SSSR count). The highest BCUT2D eigenvalue weighted by molar-refractivity contribution is 5.95. The Morgan fingerprint density at radius 1 is 0.917 bits per heavy atom. The van der Waals surface area contributed by atoms with Crippen molar-refractivity contribution in [3.05, 3.63) is 94.5 Å². The predicted octanol–water partition coefficient (Wildman–Crippen LogP) is 3.77. The van der Waals surface area contributed by atoms with Crippen LogP contribution in [0.4, 0.5) is 4.79 Å². The Labute approximate surface area is 209 Å². The van der Waals surface area contributed by atoms with Gasteiger partial charge in [0.1, 0.15) is 0 Å². The van der Waals surface area contributed by atoms with E-state index in [2.05, 4.69) is 5.32 Å². The average molecular weight is 492 g/mol. The summed E-state index contributed by atoms with van der Waals surface area (Å²) < 4.78 is 16.6. The van der Waals surface area contributed by atoms with Gasteiger partial charge in [0.25, 0.3) is 5.91 Å². The Hall–Kier alpha value is -4.04. The number of hydrogen-bond donors (Lipinski definition) is 3. The topological polar surface area (TPSA) is 114 Å². The zero-order valence-corrected chi connectivity index (χ0v) is 20.0. The van der Waals surface area contributed by atoms with Crippen molar-refractivity contribution < 1.29 is 34.0 Å². The molecule has 0 bridgehead atoms. The van der Waals surface area contributed by atoms with Crippen LogP contribution >= 0.6 is 0 Å². The second-order valence-electron chi connectivity index (χ2n) is 8.70. The first-order valence-electron chi connectivity index (χ1n) is 11.7. The average Bonchev–Trinajstić information content (AvgIpc) is 3.21. The van der Waals surface area contributed by atoms with Crippen LogP contribution in [0.2, 0.25) is 0 Å². The summed E-state index contributed by atoms with van der Waals surface area (Å²) in [6, 6.07) is 20.3. The van der Waals surface area contributed by atoms with Crippen molar-refractivity contribution in [2.75, 3.05) is 20.3 Å². The minimum atomic E-state index is -1.45. The lowest BCUT2D eigenvalue weighted by Gasteiger charge is -2.28. The third-order valence-corrected chi connectivity index (χ3v) is 6.16. The third kappa shape index (κ3) is 5.95. The molecule has 1 aliphatic carbocycles. The number of hydrogen-bond acceptors (Lipinski definition) is 6. The molecule has 3 aromatic carbocycles. The van der Waals surface area contributed by atoms with E-state index in [4.69, 9.17) is 19.3 Å². The van der Waals surface area contributed by atoms with Crippen molar-refractivity contribution in [1.82, 2.24) is 5.32 Å². The normalized spacial score (nSPS) is 13.5. The van der Waals surface area contributed by atoms with Gasteiger partial charge < -0.3 is 29.7 Å². The lowest BCUT2D eigenvalue weighted by molar-refractivity contribution is -0.0299. The van der Waals surface area contributed by atoms with Crippen molar-refractivity contribution in [3.8, 4) is 11.5 Å². The number of ether oxygens (including phenoxy) is 3. The first-order valence-corrected chi connectivity index (χ1v) is 11.7. The number of fused-ring (bicyclic) bond motifs is 1. The Kier molecular flexibility index (Phi) is 7.75. The summed E-state index contributed by atoms with van der Waals surface area (Å²) in [5, 5.41) is 21.3. The quantitative estimate of drug-likeness (QED) is 0.292. The van der Waals surface area contributed by atoms with Crippen LogP contribution in [0, 0.1) is 0 Å². The van der Waals surface area contributed by atoms with Crippen molar-refractivity contribution in [3.63, 3.8) is 0 Å². The highest BCUT2D eigenvalue weighted by atomic mass is 16.7. The number of rotatable bonds is 10. The van der Waals surface area contributed by atoms with E-state index in [1.807, 2.05) is 48.5 Å². The number of methoxy groups -OCH3 is 1. The molecule has 0 atom stereocenters. The van der Waals surface area contributed by atoms with Crippen molar-refractivity contribution >= 4 is 12.1 Å². The van der Waals surface area contributed by atoms with Gasteiger partial charge >= 0.3 is 6.16 Å². The summed E-state index contributed by atoms with van der Waals surface area (Å²) in [5.74, 6) is 0.401. The standard InChI is InChI=1S/C28H29NO7/c1-34-24-10-9-21(16-25(24)35-14-12-20-6-4-5-19(15-20)11-13-30)26(31)29-28(36-27(32)33)17-22-7-2-3-8-23(22)18-28/h2-10,15-16,30H,11-14,17-18H2,1H3,(H,29,31)(H,32,33). The fourth-order valence-electron chi connectivity index (χ4n) is 4.49. The molecule has 36 heavy (non-hydrogen) atoms. The summed E-state index contributed by atoms with van der Waals surface area (Å²) in [5.41, 5.74) is 2.90. The van der Waals surface area contributed by atoms with Gasteiger partial charge in [0, 0.05) is 31.4 Å². The van der Waals surface area contributed by atoms with Crippen LogP contribution in [0.15, 0.2) is 66.7 Å². The number of carboxylic acid groups (broad SMARTS) is 1. The van der Waals surface area contributed by atoms with Crippen LogP contribution in [0.1, 0.15) is 32.6 Å². The van der Waals surface area contributed by atoms with Gasteiger partial charge in [-0.15, -0.1) is 0 Å². The van der Waals surface area contributed by atoms with Gasteiger partial charge in [-0.2, -0.15) is 0 Å². The Balaban J connectivity index is 1.47. The molecule has 0 radical (unpaired) electrons. The van der Waals surface area contributed by atoms with E-state index in [0.717, 1.165) is 22.3 Å². The molecule has 188 valence electrons. The molecule has 8 heteroatoms. The maximum Gasteiger partial charge on any atom is 0.507 e. The second-order valence-corrected chi connectivity index (χ2v) is 8.70. The van der Waals surface area contributed by atoms with Gasteiger partial charge in [0.15, 0.2) is 17.2 Å². The van der Waals surface area contributed by atoms with E-state index in [9.17, 15) is 14.7 Å². The molecule has 0 heterocycles. The van der Waals surface area contributed by atoms with Gasteiger partial charge in [-0.05, 0) is 46.9 Å². The molecular formula is C28H29NO7. The number of benzene rings is 3. The minimum absolute atomic E-state index is 0.0941. The maximum absolute atomic E-state index is 13.2. The van der Waals surface area contributed by atoms with Gasteiger partial charge in [0.05, 0.1) is 13.7 Å². The highest BCUT2D eigenvalue weighted by Gasteiger charge is 2.42. The fourth-order valence-corrected chi connectivity index (χ4v) is 4.49. The minimum Gasteiger partial charge on any atom is -0.493 e. The molecule has 8 nitrogen and oxygen atoms in total. The summed E-state index contributed by atoms with van der Waals surface area (Å²) in [6.45, 7) is 0.447. The summed E-state index contributed by atoms with van der Waals surface area (Å²) in [7, 11) is 1.52. The van der Waals surface area contributed by atoms with Crippen LogP contribution in [-0.4, -0.2) is 48.3 Å². The molecule has 0 spiro atoms. The number of carbonyl (C=O) groups is 2. The lowest BCUT2D eigenvalue weighted by Crippen LogP contribution is -2.52. The Morgan fingerprint density at radius 2 is 1.61 bits per heavy atom. The van der Waals surface area contributed by atoms with E-state index in [1.54, 1.807) is 18.2 Å². The Bertz CT molecular complexity index is 1220. The zero-order chi connectivity index (χ0) is 25.5. The Morgan fingerprint density at radius 3 is 2.25 bits per heavy atom. The van der Waals surface area contributed by atoms with Crippen molar-refractivity contribution in [1.29, 1.82) is 0 Å². The highest BCUT2D eigenvalue weighted by Crippen LogP contribution is 2.33. The largest absolute Gasteiger partial charge is 0.507 e. The number of aliphatic hydroxyl groups is 1. The van der Waals surface area contributed by atoms with Gasteiger partial charge in [-0.3, -0.25) is 4.79 Å².